The van der Waals surface area contributed by atoms with Gasteiger partial charge in [0.25, 0.3) is 5.91 Å². The van der Waals surface area contributed by atoms with Crippen LogP contribution < -0.4 is 10.1 Å². The SMILES string of the molecule is CCC(C)(C)NC(=O)C(C)Oc1cccc(F)c1. The molecule has 1 unspecified atom stereocenters. The smallest absolute Gasteiger partial charge is 0.261 e. The fourth-order valence-electron chi connectivity index (χ4n) is 1.32. The van der Waals surface area contributed by atoms with Gasteiger partial charge in [-0.1, -0.05) is 13.0 Å². The van der Waals surface area contributed by atoms with Crippen LogP contribution in [-0.2, 0) is 4.79 Å². The quantitative estimate of drug-likeness (QED) is 0.876. The minimum absolute atomic E-state index is 0.203. The summed E-state index contributed by atoms with van der Waals surface area (Å²) in [5.74, 6) is -0.230. The number of carbonyl (C=O) groups excluding carboxylic acids is 1. The summed E-state index contributed by atoms with van der Waals surface area (Å²) in [4.78, 5) is 11.9. The minimum Gasteiger partial charge on any atom is -0.481 e. The van der Waals surface area contributed by atoms with Gasteiger partial charge in [-0.2, -0.15) is 0 Å². The lowest BCUT2D eigenvalue weighted by Gasteiger charge is -2.26. The molecule has 1 atom stereocenters. The number of rotatable bonds is 5. The van der Waals surface area contributed by atoms with Gasteiger partial charge in [-0.25, -0.2) is 4.39 Å². The van der Waals surface area contributed by atoms with E-state index in [-0.39, 0.29) is 17.3 Å². The molecule has 100 valence electrons. The summed E-state index contributed by atoms with van der Waals surface area (Å²) in [5, 5.41) is 2.88. The first-order valence-electron chi connectivity index (χ1n) is 6.08. The topological polar surface area (TPSA) is 38.3 Å². The van der Waals surface area contributed by atoms with E-state index in [1.54, 1.807) is 19.1 Å². The number of benzene rings is 1. The minimum atomic E-state index is -0.655. The maximum absolute atomic E-state index is 13.0. The predicted molar refractivity (Wildman–Crippen MR) is 69.0 cm³/mol. The van der Waals surface area contributed by atoms with E-state index in [4.69, 9.17) is 4.74 Å². The molecule has 0 heterocycles. The van der Waals surface area contributed by atoms with Crippen LogP contribution in [0.2, 0.25) is 0 Å². The summed E-state index contributed by atoms with van der Waals surface area (Å²) in [7, 11) is 0. The average Bonchev–Trinajstić information content (AvgIpc) is 2.28. The van der Waals surface area contributed by atoms with E-state index in [1.807, 2.05) is 20.8 Å². The molecule has 0 saturated heterocycles. The second-order valence-corrected chi connectivity index (χ2v) is 4.94. The molecule has 0 bridgehead atoms. The Balaban J connectivity index is 2.60. The molecule has 1 aromatic carbocycles. The lowest BCUT2D eigenvalue weighted by atomic mass is 10.0. The van der Waals surface area contributed by atoms with Crippen LogP contribution in [0, 0.1) is 5.82 Å². The van der Waals surface area contributed by atoms with Crippen molar-refractivity contribution in [2.24, 2.45) is 0 Å². The van der Waals surface area contributed by atoms with Crippen molar-refractivity contribution in [2.75, 3.05) is 0 Å². The number of nitrogens with one attached hydrogen (secondary N) is 1. The highest BCUT2D eigenvalue weighted by atomic mass is 19.1. The van der Waals surface area contributed by atoms with Crippen LogP contribution in [0.15, 0.2) is 24.3 Å². The Morgan fingerprint density at radius 2 is 2.17 bits per heavy atom. The Hall–Kier alpha value is -1.58. The first-order chi connectivity index (χ1) is 8.34. The Morgan fingerprint density at radius 3 is 2.72 bits per heavy atom. The third-order valence-electron chi connectivity index (χ3n) is 2.82. The van der Waals surface area contributed by atoms with Crippen molar-refractivity contribution >= 4 is 5.91 Å². The number of ether oxygens (including phenoxy) is 1. The van der Waals surface area contributed by atoms with Gasteiger partial charge in [0.15, 0.2) is 6.10 Å². The highest BCUT2D eigenvalue weighted by Gasteiger charge is 2.22. The first-order valence-corrected chi connectivity index (χ1v) is 6.08. The van der Waals surface area contributed by atoms with Crippen LogP contribution in [0.4, 0.5) is 4.39 Å². The van der Waals surface area contributed by atoms with Crippen molar-refractivity contribution in [3.05, 3.63) is 30.1 Å². The molecule has 0 spiro atoms. The summed E-state index contributed by atoms with van der Waals surface area (Å²) in [6.07, 6.45) is 0.170. The van der Waals surface area contributed by atoms with Gasteiger partial charge in [-0.3, -0.25) is 4.79 Å². The van der Waals surface area contributed by atoms with Gasteiger partial charge in [0, 0.05) is 11.6 Å². The summed E-state index contributed by atoms with van der Waals surface area (Å²) in [6.45, 7) is 7.53. The summed E-state index contributed by atoms with van der Waals surface area (Å²) in [5.41, 5.74) is -0.267. The van der Waals surface area contributed by atoms with E-state index in [1.165, 1.54) is 12.1 Å². The Morgan fingerprint density at radius 1 is 1.50 bits per heavy atom. The highest BCUT2D eigenvalue weighted by molar-refractivity contribution is 5.81. The molecule has 0 aromatic heterocycles. The van der Waals surface area contributed by atoms with Crippen LogP contribution >= 0.6 is 0 Å². The fraction of sp³-hybridized carbons (Fsp3) is 0.500. The molecule has 0 aliphatic carbocycles. The van der Waals surface area contributed by atoms with Gasteiger partial charge in [0.05, 0.1) is 0 Å². The van der Waals surface area contributed by atoms with Gasteiger partial charge in [0.1, 0.15) is 11.6 Å². The zero-order valence-electron chi connectivity index (χ0n) is 11.3. The zero-order valence-corrected chi connectivity index (χ0v) is 11.3. The number of carbonyl (C=O) groups is 1. The monoisotopic (exact) mass is 253 g/mol. The van der Waals surface area contributed by atoms with Gasteiger partial charge in [-0.15, -0.1) is 0 Å². The molecule has 4 heteroatoms. The normalized spacial score (nSPS) is 12.9. The van der Waals surface area contributed by atoms with Crippen molar-refractivity contribution in [3.8, 4) is 5.75 Å². The molecule has 1 N–H and O–H groups in total. The molecule has 1 rings (SSSR count). The molecule has 0 aliphatic rings. The maximum Gasteiger partial charge on any atom is 0.261 e. The number of hydrogen-bond donors (Lipinski definition) is 1. The van der Waals surface area contributed by atoms with Crippen molar-refractivity contribution in [2.45, 2.75) is 45.8 Å². The lowest BCUT2D eigenvalue weighted by molar-refractivity contribution is -0.128. The van der Waals surface area contributed by atoms with Gasteiger partial charge in [-0.05, 0) is 39.3 Å². The third kappa shape index (κ3) is 4.35. The van der Waals surface area contributed by atoms with E-state index in [0.717, 1.165) is 6.42 Å². The number of amides is 1. The summed E-state index contributed by atoms with van der Waals surface area (Å²) < 4.78 is 18.4. The molecule has 18 heavy (non-hydrogen) atoms. The fourth-order valence-corrected chi connectivity index (χ4v) is 1.32. The van der Waals surface area contributed by atoms with E-state index < -0.39 is 6.10 Å². The third-order valence-corrected chi connectivity index (χ3v) is 2.82. The van der Waals surface area contributed by atoms with E-state index >= 15 is 0 Å². The summed E-state index contributed by atoms with van der Waals surface area (Å²) >= 11 is 0. The van der Waals surface area contributed by atoms with Crippen LogP contribution in [0.3, 0.4) is 0 Å². The Bertz CT molecular complexity index is 418. The lowest BCUT2D eigenvalue weighted by Crippen LogP contribution is -2.48. The molecule has 1 aromatic rings. The van der Waals surface area contributed by atoms with Gasteiger partial charge in [0.2, 0.25) is 0 Å². The Kier molecular flexibility index (Phi) is 4.70. The van der Waals surface area contributed by atoms with Crippen molar-refractivity contribution in [1.29, 1.82) is 0 Å². The van der Waals surface area contributed by atoms with Crippen LogP contribution in [-0.4, -0.2) is 17.6 Å². The Labute approximate surface area is 107 Å². The molecule has 0 radical (unpaired) electrons. The predicted octanol–water partition coefficient (Wildman–Crippen LogP) is 2.90. The largest absolute Gasteiger partial charge is 0.481 e. The molecular weight excluding hydrogens is 233 g/mol. The maximum atomic E-state index is 13.0. The second kappa shape index (κ2) is 5.85. The van der Waals surface area contributed by atoms with Crippen molar-refractivity contribution in [1.82, 2.24) is 5.32 Å². The van der Waals surface area contributed by atoms with Crippen LogP contribution in [0.25, 0.3) is 0 Å². The molecule has 3 nitrogen and oxygen atoms in total. The van der Waals surface area contributed by atoms with Crippen LogP contribution in [0.5, 0.6) is 5.75 Å². The van der Waals surface area contributed by atoms with Gasteiger partial charge < -0.3 is 10.1 Å². The number of hydrogen-bond acceptors (Lipinski definition) is 2. The molecule has 0 fully saturated rings. The number of halogens is 1. The molecular formula is C14H20FNO2. The van der Waals surface area contributed by atoms with E-state index in [9.17, 15) is 9.18 Å². The first kappa shape index (κ1) is 14.5. The summed E-state index contributed by atoms with van der Waals surface area (Å²) in [6, 6.07) is 5.76. The standard InChI is InChI=1S/C14H20FNO2/c1-5-14(3,4)16-13(17)10(2)18-12-8-6-7-11(15)9-12/h6-10H,5H2,1-4H3,(H,16,17). The van der Waals surface area contributed by atoms with E-state index in [0.29, 0.717) is 5.75 Å². The van der Waals surface area contributed by atoms with Crippen molar-refractivity contribution < 1.29 is 13.9 Å². The molecule has 0 aliphatic heterocycles. The molecule has 0 saturated carbocycles. The van der Waals surface area contributed by atoms with Gasteiger partial charge >= 0.3 is 0 Å². The second-order valence-electron chi connectivity index (χ2n) is 4.94. The zero-order chi connectivity index (χ0) is 13.8. The molecule has 1 amide bonds. The van der Waals surface area contributed by atoms with E-state index in [2.05, 4.69) is 5.32 Å². The van der Waals surface area contributed by atoms with Crippen LogP contribution in [0.1, 0.15) is 34.1 Å². The highest BCUT2D eigenvalue weighted by Crippen LogP contribution is 2.14. The van der Waals surface area contributed by atoms with Crippen molar-refractivity contribution in [3.63, 3.8) is 0 Å². The average molecular weight is 253 g/mol.